The molecular formula is C52H34N2O. The minimum Gasteiger partial charge on any atom is -0.455 e. The van der Waals surface area contributed by atoms with Crippen molar-refractivity contribution in [2.75, 3.05) is 4.90 Å². The lowest BCUT2D eigenvalue weighted by atomic mass is 10.00. The van der Waals surface area contributed by atoms with Gasteiger partial charge in [0.1, 0.15) is 11.2 Å². The molecule has 0 bridgehead atoms. The zero-order valence-corrected chi connectivity index (χ0v) is 29.9. The van der Waals surface area contributed by atoms with Gasteiger partial charge in [-0.3, -0.25) is 0 Å². The van der Waals surface area contributed by atoms with Gasteiger partial charge in [-0.2, -0.15) is 0 Å². The topological polar surface area (TPSA) is 21.3 Å². The van der Waals surface area contributed by atoms with Crippen LogP contribution in [0.2, 0.25) is 0 Å². The smallest absolute Gasteiger partial charge is 0.143 e. The van der Waals surface area contributed by atoms with E-state index in [1.807, 2.05) is 0 Å². The SMILES string of the molecule is c1ccc(-c2ccc(-c3ccc(N(c4cccc(-n5c6ccccc6c6ccccc65)c4)c4ccc5oc6c7ccccc7ccc6c5c4)cc3)cc2)cc1. The standard InChI is InChI=1S/C52H34N2O/c1-2-11-35(12-3-1)36-21-23-37(24-22-36)38-25-28-40(29-26-38)53(43-30-32-51-48(34-43)47-31-27-39-13-4-5-16-44(39)52(47)55-51)41-14-10-15-42(33-41)54-49-19-8-6-17-45(49)46-18-7-9-20-50(46)54/h1-34H. The fourth-order valence-electron chi connectivity index (χ4n) is 8.34. The minimum atomic E-state index is 0.878. The minimum absolute atomic E-state index is 0.878. The van der Waals surface area contributed by atoms with Crippen molar-refractivity contribution in [2.45, 2.75) is 0 Å². The van der Waals surface area contributed by atoms with Crippen LogP contribution >= 0.6 is 0 Å². The fraction of sp³-hybridized carbons (Fsp3) is 0. The van der Waals surface area contributed by atoms with Gasteiger partial charge in [0.15, 0.2) is 0 Å². The molecule has 0 aliphatic heterocycles. The number of rotatable bonds is 6. The molecule has 0 fully saturated rings. The molecule has 0 spiro atoms. The first kappa shape index (κ1) is 31.2. The highest BCUT2D eigenvalue weighted by Gasteiger charge is 2.19. The van der Waals surface area contributed by atoms with E-state index in [4.69, 9.17) is 4.42 Å². The molecule has 2 aromatic heterocycles. The Labute approximate surface area is 318 Å². The van der Waals surface area contributed by atoms with Gasteiger partial charge < -0.3 is 13.9 Å². The van der Waals surface area contributed by atoms with Crippen LogP contribution in [0, 0.1) is 0 Å². The normalized spacial score (nSPS) is 11.6. The van der Waals surface area contributed by atoms with Crippen molar-refractivity contribution in [1.82, 2.24) is 4.57 Å². The van der Waals surface area contributed by atoms with Gasteiger partial charge in [-0.25, -0.2) is 0 Å². The van der Waals surface area contributed by atoms with E-state index in [0.717, 1.165) is 50.1 Å². The van der Waals surface area contributed by atoms with Crippen molar-refractivity contribution >= 4 is 71.6 Å². The number of hydrogen-bond donors (Lipinski definition) is 0. The van der Waals surface area contributed by atoms with E-state index in [-0.39, 0.29) is 0 Å². The Kier molecular flexibility index (Phi) is 7.17. The number of anilines is 3. The van der Waals surface area contributed by atoms with Crippen molar-refractivity contribution in [2.24, 2.45) is 0 Å². The number of para-hydroxylation sites is 2. The Bertz CT molecular complexity index is 3140. The second-order valence-corrected chi connectivity index (χ2v) is 14.2. The molecule has 0 aliphatic rings. The average Bonchev–Trinajstić information content (AvgIpc) is 3.81. The Morgan fingerprint density at radius 1 is 0.345 bits per heavy atom. The Morgan fingerprint density at radius 3 is 1.62 bits per heavy atom. The molecule has 3 heteroatoms. The van der Waals surface area contributed by atoms with E-state index in [0.29, 0.717) is 0 Å². The van der Waals surface area contributed by atoms with Crippen molar-refractivity contribution < 1.29 is 4.42 Å². The lowest BCUT2D eigenvalue weighted by Crippen LogP contribution is -2.10. The van der Waals surface area contributed by atoms with E-state index in [9.17, 15) is 0 Å². The third kappa shape index (κ3) is 5.20. The molecule has 2 heterocycles. The number of benzene rings is 9. The highest BCUT2D eigenvalue weighted by Crippen LogP contribution is 2.42. The molecule has 11 aromatic rings. The van der Waals surface area contributed by atoms with Gasteiger partial charge in [0.05, 0.1) is 11.0 Å². The molecule has 0 aliphatic carbocycles. The highest BCUT2D eigenvalue weighted by molar-refractivity contribution is 6.15. The van der Waals surface area contributed by atoms with Gasteiger partial charge in [-0.1, -0.05) is 140 Å². The lowest BCUT2D eigenvalue weighted by molar-refractivity contribution is 0.672. The number of nitrogens with zero attached hydrogens (tertiary/aromatic N) is 2. The first-order valence-corrected chi connectivity index (χ1v) is 18.8. The van der Waals surface area contributed by atoms with Gasteiger partial charge >= 0.3 is 0 Å². The van der Waals surface area contributed by atoms with Crippen molar-refractivity contribution in [3.8, 4) is 27.9 Å². The summed E-state index contributed by atoms with van der Waals surface area (Å²) in [5.74, 6) is 0. The molecule has 258 valence electrons. The maximum Gasteiger partial charge on any atom is 0.143 e. The maximum atomic E-state index is 6.54. The molecule has 9 aromatic carbocycles. The van der Waals surface area contributed by atoms with Crippen LogP contribution in [-0.4, -0.2) is 4.57 Å². The average molecular weight is 703 g/mol. The van der Waals surface area contributed by atoms with Crippen LogP contribution in [0.5, 0.6) is 0 Å². The molecule has 11 rings (SSSR count). The van der Waals surface area contributed by atoms with Crippen LogP contribution in [0.1, 0.15) is 0 Å². The second kappa shape index (κ2) is 12.6. The zero-order chi connectivity index (χ0) is 36.3. The number of hydrogen-bond acceptors (Lipinski definition) is 2. The van der Waals surface area contributed by atoms with Crippen LogP contribution in [0.4, 0.5) is 17.1 Å². The molecular weight excluding hydrogens is 669 g/mol. The zero-order valence-electron chi connectivity index (χ0n) is 29.9. The molecule has 0 radical (unpaired) electrons. The summed E-state index contributed by atoms with van der Waals surface area (Å²) in [6.45, 7) is 0. The van der Waals surface area contributed by atoms with Crippen LogP contribution in [-0.2, 0) is 0 Å². The van der Waals surface area contributed by atoms with Gasteiger partial charge in [-0.05, 0) is 94.4 Å². The number of fused-ring (bicyclic) bond motifs is 8. The van der Waals surface area contributed by atoms with Gasteiger partial charge in [-0.15, -0.1) is 0 Å². The maximum absolute atomic E-state index is 6.54. The summed E-state index contributed by atoms with van der Waals surface area (Å²) in [6, 6.07) is 73.9. The van der Waals surface area contributed by atoms with Crippen LogP contribution in [0.3, 0.4) is 0 Å². The van der Waals surface area contributed by atoms with E-state index in [2.05, 4.69) is 216 Å². The van der Waals surface area contributed by atoms with Gasteiger partial charge in [0, 0.05) is 49.7 Å². The summed E-state index contributed by atoms with van der Waals surface area (Å²) in [7, 11) is 0. The molecule has 0 atom stereocenters. The molecule has 0 unspecified atom stereocenters. The summed E-state index contributed by atoms with van der Waals surface area (Å²) in [5, 5.41) is 7.00. The predicted octanol–water partition coefficient (Wildman–Crippen LogP) is 14.6. The lowest BCUT2D eigenvalue weighted by Gasteiger charge is -2.26. The first-order valence-electron chi connectivity index (χ1n) is 18.8. The van der Waals surface area contributed by atoms with E-state index in [1.54, 1.807) is 0 Å². The number of furan rings is 1. The molecule has 0 amide bonds. The van der Waals surface area contributed by atoms with Crippen LogP contribution < -0.4 is 4.90 Å². The summed E-state index contributed by atoms with van der Waals surface area (Å²) >= 11 is 0. The van der Waals surface area contributed by atoms with Crippen molar-refractivity contribution in [3.63, 3.8) is 0 Å². The van der Waals surface area contributed by atoms with Crippen LogP contribution in [0.15, 0.2) is 211 Å². The van der Waals surface area contributed by atoms with Crippen LogP contribution in [0.25, 0.3) is 82.5 Å². The summed E-state index contributed by atoms with van der Waals surface area (Å²) < 4.78 is 8.92. The molecule has 3 nitrogen and oxygen atoms in total. The van der Waals surface area contributed by atoms with Gasteiger partial charge in [0.25, 0.3) is 0 Å². The quantitative estimate of drug-likeness (QED) is 0.172. The predicted molar refractivity (Wildman–Crippen MR) is 231 cm³/mol. The second-order valence-electron chi connectivity index (χ2n) is 14.2. The Hall–Kier alpha value is -7.36. The molecule has 0 saturated heterocycles. The van der Waals surface area contributed by atoms with Gasteiger partial charge in [0.2, 0.25) is 0 Å². The summed E-state index contributed by atoms with van der Waals surface area (Å²) in [6.07, 6.45) is 0. The molecule has 55 heavy (non-hydrogen) atoms. The molecule has 0 N–H and O–H groups in total. The number of aromatic nitrogens is 1. The first-order chi connectivity index (χ1) is 27.3. The Morgan fingerprint density at radius 2 is 0.909 bits per heavy atom. The van der Waals surface area contributed by atoms with E-state index in [1.165, 1.54) is 49.4 Å². The van der Waals surface area contributed by atoms with E-state index >= 15 is 0 Å². The highest BCUT2D eigenvalue weighted by atomic mass is 16.3. The fourth-order valence-corrected chi connectivity index (χ4v) is 8.34. The monoisotopic (exact) mass is 702 g/mol. The van der Waals surface area contributed by atoms with E-state index < -0.39 is 0 Å². The molecule has 0 saturated carbocycles. The largest absolute Gasteiger partial charge is 0.455 e. The van der Waals surface area contributed by atoms with Crippen molar-refractivity contribution in [3.05, 3.63) is 206 Å². The van der Waals surface area contributed by atoms with Crippen molar-refractivity contribution in [1.29, 1.82) is 0 Å². The summed E-state index contributed by atoms with van der Waals surface area (Å²) in [4.78, 5) is 2.36. The Balaban J connectivity index is 1.06. The summed E-state index contributed by atoms with van der Waals surface area (Å²) in [5.41, 5.74) is 13.3. The third-order valence-corrected chi connectivity index (χ3v) is 11.0. The third-order valence-electron chi connectivity index (χ3n) is 11.0.